The predicted molar refractivity (Wildman–Crippen MR) is 128 cm³/mol. The zero-order valence-electron chi connectivity index (χ0n) is 18.8. The molecule has 2 aromatic heterocycles. The maximum Gasteiger partial charge on any atom is 0.270 e. The average Bonchev–Trinajstić information content (AvgIpc) is 3.39. The highest BCUT2D eigenvalue weighted by molar-refractivity contribution is 7.13. The van der Waals surface area contributed by atoms with Gasteiger partial charge in [0, 0.05) is 55.7 Å². The van der Waals surface area contributed by atoms with Gasteiger partial charge in [-0.2, -0.15) is 0 Å². The Morgan fingerprint density at radius 2 is 1.82 bits per heavy atom. The van der Waals surface area contributed by atoms with E-state index >= 15 is 0 Å². The fourth-order valence-electron chi connectivity index (χ4n) is 4.90. The van der Waals surface area contributed by atoms with Gasteiger partial charge in [-0.15, -0.1) is 11.3 Å². The van der Waals surface area contributed by atoms with Crippen molar-refractivity contribution in [2.24, 2.45) is 0 Å². The monoisotopic (exact) mass is 465 g/mol. The van der Waals surface area contributed by atoms with Crippen molar-refractivity contribution in [3.8, 4) is 33.2 Å². The summed E-state index contributed by atoms with van der Waals surface area (Å²) in [7, 11) is 1.55. The molecule has 1 fully saturated rings. The topological polar surface area (TPSA) is 75.0 Å². The number of carbonyl (C=O) groups is 2. The number of fused-ring (bicyclic) bond motifs is 3. The summed E-state index contributed by atoms with van der Waals surface area (Å²) >= 11 is 1.63. The number of carbonyl (C=O) groups excluding carboxylic acids is 2. The van der Waals surface area contributed by atoms with E-state index in [0.717, 1.165) is 40.1 Å². The molecule has 1 saturated heterocycles. The largest absolute Gasteiger partial charge is 0.504 e. The lowest BCUT2D eigenvalue weighted by atomic mass is 9.95. The van der Waals surface area contributed by atoms with Crippen LogP contribution in [0.15, 0.2) is 35.7 Å². The third-order valence-electron chi connectivity index (χ3n) is 6.60. The van der Waals surface area contributed by atoms with Crippen molar-refractivity contribution in [2.75, 3.05) is 33.3 Å². The first-order chi connectivity index (χ1) is 16.0. The van der Waals surface area contributed by atoms with Crippen LogP contribution < -0.4 is 4.74 Å². The first-order valence-corrected chi connectivity index (χ1v) is 12.1. The minimum atomic E-state index is -0.00867. The molecule has 2 aliphatic heterocycles. The third-order valence-corrected chi connectivity index (χ3v) is 7.50. The second kappa shape index (κ2) is 8.59. The summed E-state index contributed by atoms with van der Waals surface area (Å²) in [5, 5.41) is 12.5. The standard InChI is InChI=1S/C25H27N3O4S/c1-16(29)26-7-4-8-27(11-10-26)25(31)20-14-19(23-5-3-12-33-23)24-18-15-21(30)22(32-2)13-17(18)6-9-28(20)24/h3,5,12-15,30H,4,6-11H2,1-2H3. The van der Waals surface area contributed by atoms with E-state index in [1.54, 1.807) is 31.4 Å². The molecule has 33 heavy (non-hydrogen) atoms. The summed E-state index contributed by atoms with van der Waals surface area (Å²) in [6, 6.07) is 9.70. The average molecular weight is 466 g/mol. The van der Waals surface area contributed by atoms with Crippen LogP contribution in [-0.2, 0) is 17.8 Å². The number of rotatable bonds is 3. The number of nitrogens with zero attached hydrogens (tertiary/aromatic N) is 3. The van der Waals surface area contributed by atoms with Gasteiger partial charge in [0.15, 0.2) is 11.5 Å². The van der Waals surface area contributed by atoms with E-state index in [0.29, 0.717) is 44.2 Å². The van der Waals surface area contributed by atoms with E-state index in [2.05, 4.69) is 10.6 Å². The number of thiophene rings is 1. The summed E-state index contributed by atoms with van der Waals surface area (Å²) in [4.78, 5) is 30.3. The van der Waals surface area contributed by atoms with Crippen LogP contribution in [0.2, 0.25) is 0 Å². The fraction of sp³-hybridized carbons (Fsp3) is 0.360. The number of ether oxygens (including phenoxy) is 1. The molecule has 0 bridgehead atoms. The van der Waals surface area contributed by atoms with Gasteiger partial charge >= 0.3 is 0 Å². The predicted octanol–water partition coefficient (Wildman–Crippen LogP) is 3.85. The molecule has 5 rings (SSSR count). The summed E-state index contributed by atoms with van der Waals surface area (Å²) in [5.74, 6) is 0.594. The molecule has 0 radical (unpaired) electrons. The number of hydrogen-bond donors (Lipinski definition) is 1. The molecule has 7 nitrogen and oxygen atoms in total. The van der Waals surface area contributed by atoms with Crippen molar-refractivity contribution < 1.29 is 19.4 Å². The highest BCUT2D eigenvalue weighted by Gasteiger charge is 2.30. The van der Waals surface area contributed by atoms with Gasteiger partial charge in [-0.25, -0.2) is 0 Å². The van der Waals surface area contributed by atoms with Crippen LogP contribution in [0, 0.1) is 0 Å². The molecule has 1 aromatic carbocycles. The Hall–Kier alpha value is -3.26. The van der Waals surface area contributed by atoms with E-state index in [-0.39, 0.29) is 17.6 Å². The van der Waals surface area contributed by atoms with E-state index in [4.69, 9.17) is 4.74 Å². The Kier molecular flexibility index (Phi) is 5.62. The van der Waals surface area contributed by atoms with Crippen molar-refractivity contribution in [3.63, 3.8) is 0 Å². The molecule has 3 aromatic rings. The van der Waals surface area contributed by atoms with Crippen LogP contribution in [-0.4, -0.2) is 64.6 Å². The Morgan fingerprint density at radius 3 is 2.55 bits per heavy atom. The number of methoxy groups -OCH3 is 1. The van der Waals surface area contributed by atoms with Gasteiger partial charge in [-0.3, -0.25) is 9.59 Å². The van der Waals surface area contributed by atoms with Gasteiger partial charge in [0.25, 0.3) is 5.91 Å². The summed E-state index contributed by atoms with van der Waals surface area (Å²) in [5.41, 5.74) is 4.64. The Morgan fingerprint density at radius 1 is 1.03 bits per heavy atom. The molecule has 0 spiro atoms. The SMILES string of the molecule is COc1cc2c(cc1O)-c1c(-c3cccs3)cc(C(=O)N3CCCN(C(C)=O)CC3)n1CC2. The van der Waals surface area contributed by atoms with Gasteiger partial charge in [0.2, 0.25) is 5.91 Å². The van der Waals surface area contributed by atoms with Gasteiger partial charge in [-0.05, 0) is 48.1 Å². The van der Waals surface area contributed by atoms with E-state index in [9.17, 15) is 14.7 Å². The molecule has 172 valence electrons. The molecular formula is C25H27N3O4S. The van der Waals surface area contributed by atoms with Crippen molar-refractivity contribution in [1.82, 2.24) is 14.4 Å². The minimum absolute atomic E-state index is 0.00867. The number of phenolic OH excluding ortho intramolecular Hbond substituents is 1. The van der Waals surface area contributed by atoms with Crippen LogP contribution in [0.1, 0.15) is 29.4 Å². The molecule has 2 aliphatic rings. The second-order valence-corrected chi connectivity index (χ2v) is 9.45. The Labute approximate surface area is 196 Å². The number of aromatic hydroxyl groups is 1. The number of benzene rings is 1. The fourth-order valence-corrected chi connectivity index (χ4v) is 5.64. The molecule has 1 N–H and O–H groups in total. The molecule has 4 heterocycles. The lowest BCUT2D eigenvalue weighted by Crippen LogP contribution is -2.37. The molecule has 2 amide bonds. The first kappa shape index (κ1) is 21.6. The Bertz CT molecular complexity index is 1210. The summed E-state index contributed by atoms with van der Waals surface area (Å²) < 4.78 is 7.41. The third kappa shape index (κ3) is 3.78. The Balaban J connectivity index is 1.58. The van der Waals surface area contributed by atoms with Crippen LogP contribution in [0.3, 0.4) is 0 Å². The van der Waals surface area contributed by atoms with E-state index in [1.165, 1.54) is 0 Å². The molecule has 0 unspecified atom stereocenters. The highest BCUT2D eigenvalue weighted by Crippen LogP contribution is 2.45. The van der Waals surface area contributed by atoms with Crippen LogP contribution >= 0.6 is 11.3 Å². The van der Waals surface area contributed by atoms with Gasteiger partial charge in [0.05, 0.1) is 12.8 Å². The molecular weight excluding hydrogens is 438 g/mol. The summed E-state index contributed by atoms with van der Waals surface area (Å²) in [6.45, 7) is 4.66. The zero-order chi connectivity index (χ0) is 23.1. The van der Waals surface area contributed by atoms with E-state index < -0.39 is 0 Å². The normalized spacial score (nSPS) is 15.6. The smallest absolute Gasteiger partial charge is 0.270 e. The van der Waals surface area contributed by atoms with Crippen molar-refractivity contribution in [1.29, 1.82) is 0 Å². The zero-order valence-corrected chi connectivity index (χ0v) is 19.7. The van der Waals surface area contributed by atoms with Gasteiger partial charge in [0.1, 0.15) is 5.69 Å². The lowest BCUT2D eigenvalue weighted by molar-refractivity contribution is -0.128. The minimum Gasteiger partial charge on any atom is -0.504 e. The molecule has 0 aliphatic carbocycles. The first-order valence-electron chi connectivity index (χ1n) is 11.2. The quantitative estimate of drug-likeness (QED) is 0.638. The molecule has 0 saturated carbocycles. The highest BCUT2D eigenvalue weighted by atomic mass is 32.1. The van der Waals surface area contributed by atoms with Crippen molar-refractivity contribution in [2.45, 2.75) is 26.3 Å². The van der Waals surface area contributed by atoms with Crippen LogP contribution in [0.25, 0.3) is 21.7 Å². The number of amides is 2. The maximum absolute atomic E-state index is 13.7. The lowest BCUT2D eigenvalue weighted by Gasteiger charge is -2.25. The van der Waals surface area contributed by atoms with Crippen LogP contribution in [0.5, 0.6) is 11.5 Å². The number of aromatic nitrogens is 1. The maximum atomic E-state index is 13.7. The second-order valence-electron chi connectivity index (χ2n) is 8.50. The van der Waals surface area contributed by atoms with Crippen LogP contribution in [0.4, 0.5) is 0 Å². The number of phenols is 1. The van der Waals surface area contributed by atoms with Crippen molar-refractivity contribution >= 4 is 23.2 Å². The van der Waals surface area contributed by atoms with Gasteiger partial charge < -0.3 is 24.2 Å². The molecule has 8 heteroatoms. The van der Waals surface area contributed by atoms with E-state index in [1.807, 2.05) is 33.4 Å². The number of aryl methyl sites for hydroxylation is 1. The summed E-state index contributed by atoms with van der Waals surface area (Å²) in [6.07, 6.45) is 1.52. The molecule has 0 atom stereocenters. The number of hydrogen-bond acceptors (Lipinski definition) is 5. The van der Waals surface area contributed by atoms with Gasteiger partial charge in [-0.1, -0.05) is 6.07 Å². The van der Waals surface area contributed by atoms with Crippen molar-refractivity contribution in [3.05, 3.63) is 47.0 Å².